The van der Waals surface area contributed by atoms with Crippen LogP contribution in [-0.2, 0) is 0 Å². The summed E-state index contributed by atoms with van der Waals surface area (Å²) >= 11 is 0. The van der Waals surface area contributed by atoms with Gasteiger partial charge in [0.25, 0.3) is 12.3 Å². The van der Waals surface area contributed by atoms with E-state index in [1.807, 2.05) is 91.1 Å². The molecule has 0 aliphatic rings. The Hall–Kier alpha value is -3.21. The average Bonchev–Trinajstić information content (AvgIpc) is 2.88. The number of pyridine rings is 1. The molecule has 2 aromatic carbocycles. The molecule has 0 atom stereocenters. The van der Waals surface area contributed by atoms with Gasteiger partial charge in [-0.05, 0) is 64.0 Å². The maximum atomic E-state index is 8.89. The predicted octanol–water partition coefficient (Wildman–Crippen LogP) is 6.83. The Morgan fingerprint density at radius 1 is 0.943 bits per heavy atom. The minimum Gasteiger partial charge on any atom is -0.356 e. The minimum atomic E-state index is -0.336. The van der Waals surface area contributed by atoms with Crippen molar-refractivity contribution in [3.8, 4) is 0 Å². The van der Waals surface area contributed by atoms with Gasteiger partial charge in [-0.15, -0.1) is 0 Å². The minimum absolute atomic E-state index is 0.336. The van der Waals surface area contributed by atoms with Crippen LogP contribution < -0.4 is 15.3 Å². The van der Waals surface area contributed by atoms with Gasteiger partial charge in [0.1, 0.15) is 5.69 Å². The number of aryl methyl sites for hydroxylation is 1. The quantitative estimate of drug-likeness (QED) is 0.240. The molecule has 0 aliphatic carbocycles. The van der Waals surface area contributed by atoms with Gasteiger partial charge in [0.2, 0.25) is 6.20 Å². The van der Waals surface area contributed by atoms with Gasteiger partial charge in [-0.3, -0.25) is 0 Å². The van der Waals surface area contributed by atoms with Crippen molar-refractivity contribution in [2.24, 2.45) is 0 Å². The zero-order valence-electron chi connectivity index (χ0n) is 23.2. The predicted molar refractivity (Wildman–Crippen MR) is 152 cm³/mol. The number of fused-ring (bicyclic) bond motifs is 1. The molecule has 190 valence electrons. The Morgan fingerprint density at radius 3 is 2.09 bits per heavy atom. The van der Waals surface area contributed by atoms with Gasteiger partial charge in [0, 0.05) is 21.9 Å². The number of aliphatic hydroxyl groups excluding tert-OH is 1. The molecular weight excluding hydrogens is 432 g/mol. The summed E-state index contributed by atoms with van der Waals surface area (Å²) in [5.74, 6) is 0. The molecule has 0 saturated heterocycles. The van der Waals surface area contributed by atoms with Crippen LogP contribution in [0.25, 0.3) is 22.6 Å². The lowest BCUT2D eigenvalue weighted by Crippen LogP contribution is -2.44. The van der Waals surface area contributed by atoms with Crippen molar-refractivity contribution >= 4 is 28.2 Å². The molecule has 3 aromatic rings. The van der Waals surface area contributed by atoms with Crippen LogP contribution in [0, 0.1) is 6.92 Å². The van der Waals surface area contributed by atoms with Crippen LogP contribution in [-0.4, -0.2) is 11.9 Å². The van der Waals surface area contributed by atoms with Crippen molar-refractivity contribution < 1.29 is 20.4 Å². The lowest BCUT2D eigenvalue weighted by molar-refractivity contribution is -0.877. The van der Waals surface area contributed by atoms with E-state index in [4.69, 9.17) is 9.94 Å². The Kier molecular flexibility index (Phi) is 16.5. The first kappa shape index (κ1) is 31.8. The van der Waals surface area contributed by atoms with E-state index < -0.39 is 0 Å². The van der Waals surface area contributed by atoms with Crippen molar-refractivity contribution in [2.75, 3.05) is 6.79 Å². The zero-order chi connectivity index (χ0) is 26.8. The number of quaternary nitrogens is 1. The molecule has 0 fully saturated rings. The van der Waals surface area contributed by atoms with Gasteiger partial charge < -0.3 is 10.8 Å². The summed E-state index contributed by atoms with van der Waals surface area (Å²) in [5.41, 5.74) is 12.2. The first-order valence-electron chi connectivity index (χ1n) is 12.5. The first-order chi connectivity index (χ1) is 16.9. The highest BCUT2D eigenvalue weighted by Gasteiger charge is 2.15. The molecule has 1 aromatic heterocycles. The van der Waals surface area contributed by atoms with Gasteiger partial charge in [0.05, 0.1) is 5.39 Å². The number of hydrogen-bond acceptors (Lipinski definition) is 2. The van der Waals surface area contributed by atoms with E-state index in [-0.39, 0.29) is 6.79 Å². The molecule has 0 amide bonds. The number of allylic oxidation sites excluding steroid dienone is 5. The van der Waals surface area contributed by atoms with E-state index in [9.17, 15) is 0 Å². The van der Waals surface area contributed by atoms with Crippen LogP contribution in [0.5, 0.6) is 0 Å². The molecule has 0 spiro atoms. The second-order valence-corrected chi connectivity index (χ2v) is 7.40. The van der Waals surface area contributed by atoms with Crippen LogP contribution in [0.2, 0.25) is 0 Å². The van der Waals surface area contributed by atoms with Crippen LogP contribution in [0.4, 0.5) is 5.69 Å². The van der Waals surface area contributed by atoms with Gasteiger partial charge >= 0.3 is 0 Å². The molecule has 0 unspecified atom stereocenters. The SMILES string of the molecule is C/C=C\C(=C(C)C)c1ccccc1[NH3+].C/C=C\c1c(C)c[n+](OCO)c2ccccc12.CC.CC. The van der Waals surface area contributed by atoms with Gasteiger partial charge in [-0.1, -0.05) is 81.8 Å². The van der Waals surface area contributed by atoms with Crippen LogP contribution in [0.1, 0.15) is 72.1 Å². The molecular formula is C31H46N2O2+2. The molecule has 4 nitrogen and oxygen atoms in total. The maximum absolute atomic E-state index is 8.89. The van der Waals surface area contributed by atoms with Crippen LogP contribution >= 0.6 is 0 Å². The van der Waals surface area contributed by atoms with E-state index in [1.54, 1.807) is 4.73 Å². The Morgan fingerprint density at radius 2 is 1.54 bits per heavy atom. The summed E-state index contributed by atoms with van der Waals surface area (Å²) in [6.07, 6.45) is 10.2. The molecule has 3 rings (SSSR count). The molecule has 0 radical (unpaired) electrons. The number of hydrogen-bond donors (Lipinski definition) is 2. The number of aliphatic hydroxyl groups is 1. The molecule has 0 saturated carbocycles. The second-order valence-electron chi connectivity index (χ2n) is 7.40. The van der Waals surface area contributed by atoms with Crippen molar-refractivity contribution in [3.63, 3.8) is 0 Å². The second kappa shape index (κ2) is 18.2. The molecule has 0 aliphatic heterocycles. The number of aromatic nitrogens is 1. The first-order valence-corrected chi connectivity index (χ1v) is 12.5. The Bertz CT molecular complexity index is 1110. The number of nitrogens with zero attached hydrogens (tertiary/aromatic N) is 1. The molecule has 0 bridgehead atoms. The fourth-order valence-corrected chi connectivity index (χ4v) is 3.45. The van der Waals surface area contributed by atoms with E-state index in [0.29, 0.717) is 0 Å². The summed E-state index contributed by atoms with van der Waals surface area (Å²) in [6.45, 7) is 18.0. The van der Waals surface area contributed by atoms with Crippen LogP contribution in [0.3, 0.4) is 0 Å². The lowest BCUT2D eigenvalue weighted by Gasteiger charge is -2.05. The largest absolute Gasteiger partial charge is 0.356 e. The zero-order valence-corrected chi connectivity index (χ0v) is 23.2. The monoisotopic (exact) mass is 478 g/mol. The summed E-state index contributed by atoms with van der Waals surface area (Å²) in [5, 5.41) is 10.00. The highest BCUT2D eigenvalue weighted by molar-refractivity contribution is 5.86. The van der Waals surface area contributed by atoms with Gasteiger partial charge in [-0.25, -0.2) is 4.84 Å². The van der Waals surface area contributed by atoms with E-state index >= 15 is 0 Å². The third kappa shape index (κ3) is 9.51. The smallest absolute Gasteiger partial charge is 0.265 e. The summed E-state index contributed by atoms with van der Waals surface area (Å²) in [4.78, 5) is 5.18. The standard InChI is InChI=1S/C14H16NO2.C13H17N.2C2H6/c1-3-6-12-11(2)9-15(17-10-16)14-8-5-4-7-13(12)14;1-4-7-11(10(2)3)12-8-5-6-9-13(12)14;2*1-2/h3-9,16H,10H2,1-2H3;4-9H,14H2,1-3H3;2*1-2H3/q+1;;;/p+1/b6-3-;7-4-;;. The van der Waals surface area contributed by atoms with Crippen molar-refractivity contribution in [1.29, 1.82) is 0 Å². The van der Waals surface area contributed by atoms with Crippen molar-refractivity contribution in [3.05, 3.63) is 95.2 Å². The number of para-hydroxylation sites is 1. The highest BCUT2D eigenvalue weighted by Crippen LogP contribution is 2.24. The lowest BCUT2D eigenvalue weighted by atomic mass is 9.99. The van der Waals surface area contributed by atoms with Crippen molar-refractivity contribution in [2.45, 2.75) is 62.3 Å². The number of rotatable bonds is 5. The van der Waals surface area contributed by atoms with Crippen LogP contribution in [0.15, 0.2) is 78.5 Å². The fraction of sp³-hybridized carbons (Fsp3) is 0.323. The topological polar surface area (TPSA) is 61.0 Å². The van der Waals surface area contributed by atoms with E-state index in [0.717, 1.165) is 22.2 Å². The van der Waals surface area contributed by atoms with E-state index in [1.165, 1.54) is 22.3 Å². The Labute approximate surface area is 213 Å². The third-order valence-electron chi connectivity index (χ3n) is 4.88. The van der Waals surface area contributed by atoms with Gasteiger partial charge in [0.15, 0.2) is 0 Å². The maximum Gasteiger partial charge on any atom is 0.265 e. The normalized spacial score (nSPS) is 10.0. The molecule has 35 heavy (non-hydrogen) atoms. The Balaban J connectivity index is 0.000000587. The molecule has 4 heteroatoms. The molecule has 4 N–H and O–H groups in total. The summed E-state index contributed by atoms with van der Waals surface area (Å²) in [7, 11) is 0. The fourth-order valence-electron chi connectivity index (χ4n) is 3.45. The van der Waals surface area contributed by atoms with Gasteiger partial charge in [-0.2, -0.15) is 0 Å². The summed E-state index contributed by atoms with van der Waals surface area (Å²) in [6, 6.07) is 16.2. The highest BCUT2D eigenvalue weighted by atomic mass is 16.7. The summed E-state index contributed by atoms with van der Waals surface area (Å²) < 4.78 is 1.61. The molecule has 1 heterocycles. The van der Waals surface area contributed by atoms with Crippen molar-refractivity contribution in [1.82, 2.24) is 0 Å². The third-order valence-corrected chi connectivity index (χ3v) is 4.88. The average molecular weight is 479 g/mol. The number of benzene rings is 2. The van der Waals surface area contributed by atoms with E-state index in [2.05, 4.69) is 56.0 Å².